The summed E-state index contributed by atoms with van der Waals surface area (Å²) in [4.78, 5) is 0. The van der Waals surface area contributed by atoms with Crippen molar-refractivity contribution in [2.75, 3.05) is 0 Å². The van der Waals surface area contributed by atoms with E-state index in [1.165, 1.54) is 6.07 Å². The Bertz CT molecular complexity index is 752. The van der Waals surface area contributed by atoms with Crippen LogP contribution in [0.25, 0.3) is 5.69 Å². The third-order valence-corrected chi connectivity index (χ3v) is 3.44. The topological polar surface area (TPSA) is 38.1 Å². The van der Waals surface area contributed by atoms with Crippen molar-refractivity contribution in [3.8, 4) is 5.69 Å². The van der Waals surface area contributed by atoms with Gasteiger partial charge in [-0.2, -0.15) is 5.10 Å². The molecule has 0 spiro atoms. The first-order valence-electron chi connectivity index (χ1n) is 6.69. The van der Waals surface area contributed by atoms with Crippen LogP contribution in [-0.4, -0.2) is 14.9 Å². The minimum absolute atomic E-state index is 0.272. The van der Waals surface area contributed by atoms with E-state index in [-0.39, 0.29) is 5.82 Å². The van der Waals surface area contributed by atoms with Crippen molar-refractivity contribution in [2.24, 2.45) is 0 Å². The number of aliphatic hydroxyl groups is 1. The fourth-order valence-corrected chi connectivity index (χ4v) is 2.23. The molecule has 0 aliphatic carbocycles. The lowest BCUT2D eigenvalue weighted by Crippen LogP contribution is -2.00. The van der Waals surface area contributed by atoms with Crippen LogP contribution in [0.5, 0.6) is 0 Å². The molecule has 1 unspecified atom stereocenters. The smallest absolute Gasteiger partial charge is 0.126 e. The Morgan fingerprint density at radius 3 is 2.57 bits per heavy atom. The van der Waals surface area contributed by atoms with Gasteiger partial charge >= 0.3 is 0 Å². The molecule has 1 atom stereocenters. The van der Waals surface area contributed by atoms with Gasteiger partial charge in [-0.25, -0.2) is 9.07 Å². The molecule has 3 rings (SSSR count). The fourth-order valence-electron chi connectivity index (χ4n) is 2.23. The first-order valence-corrected chi connectivity index (χ1v) is 6.69. The molecule has 0 aliphatic rings. The second-order valence-electron chi connectivity index (χ2n) is 4.96. The van der Waals surface area contributed by atoms with Gasteiger partial charge in [0.25, 0.3) is 0 Å². The maximum Gasteiger partial charge on any atom is 0.126 e. The van der Waals surface area contributed by atoms with Crippen LogP contribution < -0.4 is 0 Å². The van der Waals surface area contributed by atoms with Crippen molar-refractivity contribution in [1.29, 1.82) is 0 Å². The van der Waals surface area contributed by atoms with Gasteiger partial charge in [-0.15, -0.1) is 0 Å². The highest BCUT2D eigenvalue weighted by molar-refractivity contribution is 5.34. The van der Waals surface area contributed by atoms with Crippen LogP contribution >= 0.6 is 0 Å². The predicted octanol–water partition coefficient (Wildman–Crippen LogP) is 3.40. The molecular formula is C17H15FN2O. The molecular weight excluding hydrogens is 267 g/mol. The second kappa shape index (κ2) is 5.50. The highest BCUT2D eigenvalue weighted by Crippen LogP contribution is 2.24. The minimum atomic E-state index is -0.818. The predicted molar refractivity (Wildman–Crippen MR) is 78.8 cm³/mol. The van der Waals surface area contributed by atoms with Gasteiger partial charge in [0.2, 0.25) is 0 Å². The summed E-state index contributed by atoms with van der Waals surface area (Å²) in [7, 11) is 0. The molecule has 1 aromatic heterocycles. The monoisotopic (exact) mass is 282 g/mol. The van der Waals surface area contributed by atoms with E-state index in [1.807, 2.05) is 30.3 Å². The zero-order valence-corrected chi connectivity index (χ0v) is 11.6. The lowest BCUT2D eigenvalue weighted by atomic mass is 10.0. The van der Waals surface area contributed by atoms with Gasteiger partial charge < -0.3 is 5.11 Å². The van der Waals surface area contributed by atoms with Gasteiger partial charge in [0.15, 0.2) is 0 Å². The van der Waals surface area contributed by atoms with Gasteiger partial charge in [0.05, 0.1) is 11.9 Å². The van der Waals surface area contributed by atoms with E-state index in [9.17, 15) is 9.50 Å². The highest BCUT2D eigenvalue weighted by atomic mass is 19.1. The van der Waals surface area contributed by atoms with Gasteiger partial charge in [0, 0.05) is 11.8 Å². The van der Waals surface area contributed by atoms with Gasteiger partial charge in [0.1, 0.15) is 11.9 Å². The number of para-hydroxylation sites is 1. The number of hydrogen-bond donors (Lipinski definition) is 1. The zero-order chi connectivity index (χ0) is 14.8. The summed E-state index contributed by atoms with van der Waals surface area (Å²) in [6.07, 6.45) is 2.58. The van der Waals surface area contributed by atoms with E-state index < -0.39 is 6.10 Å². The van der Waals surface area contributed by atoms with E-state index >= 15 is 0 Å². The third kappa shape index (κ3) is 2.71. The summed E-state index contributed by atoms with van der Waals surface area (Å²) in [5.41, 5.74) is 2.76. The number of hydrogen-bond acceptors (Lipinski definition) is 2. The van der Waals surface area contributed by atoms with E-state index in [1.54, 1.807) is 36.1 Å². The van der Waals surface area contributed by atoms with Crippen molar-refractivity contribution in [3.63, 3.8) is 0 Å². The Labute approximate surface area is 122 Å². The minimum Gasteiger partial charge on any atom is -0.384 e. The summed E-state index contributed by atoms with van der Waals surface area (Å²) in [6, 6.07) is 14.3. The summed E-state index contributed by atoms with van der Waals surface area (Å²) in [5.74, 6) is -0.272. The van der Waals surface area contributed by atoms with Crippen molar-refractivity contribution >= 4 is 0 Å². The molecule has 0 saturated carbocycles. The molecule has 4 heteroatoms. The number of halogens is 1. The van der Waals surface area contributed by atoms with Crippen molar-refractivity contribution < 1.29 is 9.50 Å². The summed E-state index contributed by atoms with van der Waals surface area (Å²) in [5, 5.41) is 14.6. The van der Waals surface area contributed by atoms with Gasteiger partial charge in [-0.05, 0) is 36.2 Å². The molecule has 106 valence electrons. The largest absolute Gasteiger partial charge is 0.384 e. The quantitative estimate of drug-likeness (QED) is 0.799. The van der Waals surface area contributed by atoms with Crippen molar-refractivity contribution in [2.45, 2.75) is 13.0 Å². The van der Waals surface area contributed by atoms with E-state index in [2.05, 4.69) is 5.10 Å². The molecule has 0 saturated heterocycles. The van der Waals surface area contributed by atoms with E-state index in [0.29, 0.717) is 16.7 Å². The molecule has 0 radical (unpaired) electrons. The van der Waals surface area contributed by atoms with Crippen LogP contribution in [0.2, 0.25) is 0 Å². The highest BCUT2D eigenvalue weighted by Gasteiger charge is 2.14. The maximum absolute atomic E-state index is 13.3. The number of aromatic nitrogens is 2. The SMILES string of the molecule is Cc1cc(C(O)c2cnn(-c3ccccc3)c2)ccc1F. The third-order valence-electron chi connectivity index (χ3n) is 3.44. The molecule has 0 amide bonds. The van der Waals surface area contributed by atoms with Crippen LogP contribution in [-0.2, 0) is 0 Å². The summed E-state index contributed by atoms with van der Waals surface area (Å²) >= 11 is 0. The number of benzene rings is 2. The van der Waals surface area contributed by atoms with Gasteiger partial charge in [-0.3, -0.25) is 0 Å². The Morgan fingerprint density at radius 2 is 1.86 bits per heavy atom. The van der Waals surface area contributed by atoms with Crippen LogP contribution in [0.1, 0.15) is 22.8 Å². The molecule has 1 N–H and O–H groups in total. The normalized spacial score (nSPS) is 12.3. The van der Waals surface area contributed by atoms with Crippen LogP contribution in [0.4, 0.5) is 4.39 Å². The molecule has 0 aliphatic heterocycles. The second-order valence-corrected chi connectivity index (χ2v) is 4.96. The Morgan fingerprint density at radius 1 is 1.10 bits per heavy atom. The summed E-state index contributed by atoms with van der Waals surface area (Å²) < 4.78 is 15.0. The van der Waals surface area contributed by atoms with E-state index in [4.69, 9.17) is 0 Å². The van der Waals surface area contributed by atoms with Crippen LogP contribution in [0, 0.1) is 12.7 Å². The number of rotatable bonds is 3. The first kappa shape index (κ1) is 13.5. The zero-order valence-electron chi connectivity index (χ0n) is 11.6. The molecule has 2 aromatic carbocycles. The molecule has 0 fully saturated rings. The molecule has 1 heterocycles. The molecule has 3 aromatic rings. The average Bonchev–Trinajstić information content (AvgIpc) is 3.00. The standard InChI is InChI=1S/C17H15FN2O/c1-12-9-13(7-8-16(12)18)17(21)14-10-19-20(11-14)15-5-3-2-4-6-15/h2-11,17,21H,1H3. The average molecular weight is 282 g/mol. The lowest BCUT2D eigenvalue weighted by Gasteiger charge is -2.10. The Hall–Kier alpha value is -2.46. The number of aryl methyl sites for hydroxylation is 1. The fraction of sp³-hybridized carbons (Fsp3) is 0.118. The summed E-state index contributed by atoms with van der Waals surface area (Å²) in [6.45, 7) is 1.68. The number of nitrogens with zero attached hydrogens (tertiary/aromatic N) is 2. The van der Waals surface area contributed by atoms with E-state index in [0.717, 1.165) is 5.69 Å². The molecule has 21 heavy (non-hydrogen) atoms. The first-order chi connectivity index (χ1) is 10.1. The molecule has 0 bridgehead atoms. The number of aliphatic hydroxyl groups excluding tert-OH is 1. The lowest BCUT2D eigenvalue weighted by molar-refractivity contribution is 0.220. The van der Waals surface area contributed by atoms with Crippen molar-refractivity contribution in [1.82, 2.24) is 9.78 Å². The van der Waals surface area contributed by atoms with Crippen LogP contribution in [0.15, 0.2) is 60.9 Å². The maximum atomic E-state index is 13.3. The van der Waals surface area contributed by atoms with Gasteiger partial charge in [-0.1, -0.05) is 30.3 Å². The van der Waals surface area contributed by atoms with Crippen LogP contribution in [0.3, 0.4) is 0 Å². The van der Waals surface area contributed by atoms with Crippen molar-refractivity contribution in [3.05, 3.63) is 83.4 Å². The Balaban J connectivity index is 1.90. The molecule has 3 nitrogen and oxygen atoms in total. The Kier molecular flexibility index (Phi) is 3.54.